The Morgan fingerprint density at radius 1 is 1.00 bits per heavy atom. The lowest BCUT2D eigenvalue weighted by molar-refractivity contribution is 0.324. The fourth-order valence-corrected chi connectivity index (χ4v) is 3.21. The van der Waals surface area contributed by atoms with Crippen LogP contribution in [0.3, 0.4) is 0 Å². The van der Waals surface area contributed by atoms with E-state index in [1.54, 1.807) is 28.4 Å². The zero-order chi connectivity index (χ0) is 20.6. The van der Waals surface area contributed by atoms with E-state index >= 15 is 0 Å². The molecule has 0 spiro atoms. The number of ether oxygens (including phenoxy) is 3. The van der Waals surface area contributed by atoms with Gasteiger partial charge in [0.1, 0.15) is 0 Å². The second kappa shape index (κ2) is 9.73. The van der Waals surface area contributed by atoms with Gasteiger partial charge in [0.2, 0.25) is 5.75 Å². The molecule has 0 atom stereocenters. The summed E-state index contributed by atoms with van der Waals surface area (Å²) in [4.78, 5) is 6.64. The lowest BCUT2D eigenvalue weighted by atomic mass is 10.2. The Balaban J connectivity index is 1.68. The molecule has 0 amide bonds. The van der Waals surface area contributed by atoms with Crippen LogP contribution in [-0.2, 0) is 6.54 Å². The average Bonchev–Trinajstić information content (AvgIpc) is 3.31. The Bertz CT molecular complexity index is 862. The standard InChI is InChI=1S/C22H28N4O3/c1-23-22(25-17-13-19(27-2)21(29-4)20(14-17)28-3)24-15-16-8-7-9-18(12-16)26-10-5-6-11-26/h5-9,12-14H,10-11,15H2,1-4H3,(H2,23,24,25). The van der Waals surface area contributed by atoms with E-state index in [0.717, 1.165) is 18.8 Å². The van der Waals surface area contributed by atoms with Crippen LogP contribution in [0.1, 0.15) is 5.56 Å². The number of aliphatic imine (C=N–C) groups is 1. The molecule has 1 heterocycles. The van der Waals surface area contributed by atoms with Gasteiger partial charge in [-0.2, -0.15) is 0 Å². The summed E-state index contributed by atoms with van der Waals surface area (Å²) in [6, 6.07) is 12.2. The molecule has 0 radical (unpaired) electrons. The molecule has 2 aromatic carbocycles. The second-order valence-corrected chi connectivity index (χ2v) is 6.51. The van der Waals surface area contributed by atoms with Gasteiger partial charge in [0.05, 0.1) is 21.3 Å². The first kappa shape index (κ1) is 20.4. The van der Waals surface area contributed by atoms with E-state index < -0.39 is 0 Å². The molecule has 0 aromatic heterocycles. The van der Waals surface area contributed by atoms with Crippen LogP contribution < -0.4 is 29.7 Å². The fourth-order valence-electron chi connectivity index (χ4n) is 3.21. The molecule has 1 aliphatic rings. The summed E-state index contributed by atoms with van der Waals surface area (Å²) in [7, 11) is 6.51. The third-order valence-electron chi connectivity index (χ3n) is 4.71. The van der Waals surface area contributed by atoms with E-state index in [4.69, 9.17) is 14.2 Å². The summed E-state index contributed by atoms with van der Waals surface area (Å²) in [6.07, 6.45) is 4.38. The highest BCUT2D eigenvalue weighted by Crippen LogP contribution is 2.39. The second-order valence-electron chi connectivity index (χ2n) is 6.51. The van der Waals surface area contributed by atoms with Crippen molar-refractivity contribution in [2.45, 2.75) is 6.54 Å². The van der Waals surface area contributed by atoms with Crippen molar-refractivity contribution >= 4 is 17.3 Å². The van der Waals surface area contributed by atoms with Crippen LogP contribution in [0.15, 0.2) is 53.5 Å². The molecule has 0 bridgehead atoms. The predicted molar refractivity (Wildman–Crippen MR) is 118 cm³/mol. The van der Waals surface area contributed by atoms with E-state index in [9.17, 15) is 0 Å². The molecule has 154 valence electrons. The minimum atomic E-state index is 0.553. The summed E-state index contributed by atoms with van der Waals surface area (Å²) in [5, 5.41) is 6.62. The molecule has 0 aliphatic carbocycles. The van der Waals surface area contributed by atoms with Crippen LogP contribution in [-0.4, -0.2) is 47.4 Å². The van der Waals surface area contributed by atoms with Crippen LogP contribution in [0.25, 0.3) is 0 Å². The highest BCUT2D eigenvalue weighted by Gasteiger charge is 2.14. The van der Waals surface area contributed by atoms with Gasteiger partial charge in [0.25, 0.3) is 0 Å². The van der Waals surface area contributed by atoms with E-state index in [1.807, 2.05) is 12.1 Å². The Morgan fingerprint density at radius 2 is 1.69 bits per heavy atom. The van der Waals surface area contributed by atoms with Crippen LogP contribution >= 0.6 is 0 Å². The van der Waals surface area contributed by atoms with Gasteiger partial charge >= 0.3 is 0 Å². The Hall–Kier alpha value is -3.35. The summed E-state index contributed by atoms with van der Waals surface area (Å²) in [5.41, 5.74) is 3.19. The lowest BCUT2D eigenvalue weighted by Gasteiger charge is -2.19. The molecule has 2 N–H and O–H groups in total. The van der Waals surface area contributed by atoms with Gasteiger partial charge in [-0.15, -0.1) is 0 Å². The molecule has 7 nitrogen and oxygen atoms in total. The van der Waals surface area contributed by atoms with Crippen LogP contribution in [0.4, 0.5) is 11.4 Å². The van der Waals surface area contributed by atoms with Gasteiger partial charge in [-0.1, -0.05) is 24.3 Å². The molecule has 29 heavy (non-hydrogen) atoms. The molecule has 0 fully saturated rings. The van der Waals surface area contributed by atoms with E-state index in [1.165, 1.54) is 11.3 Å². The van der Waals surface area contributed by atoms with Gasteiger partial charge in [-0.25, -0.2) is 0 Å². The maximum atomic E-state index is 5.41. The van der Waals surface area contributed by atoms with Crippen LogP contribution in [0.2, 0.25) is 0 Å². The number of methoxy groups -OCH3 is 3. The molecule has 0 unspecified atom stereocenters. The highest BCUT2D eigenvalue weighted by atomic mass is 16.5. The topological polar surface area (TPSA) is 67.4 Å². The van der Waals surface area contributed by atoms with Crippen LogP contribution in [0, 0.1) is 0 Å². The normalized spacial score (nSPS) is 13.4. The number of nitrogens with zero attached hydrogens (tertiary/aromatic N) is 2. The third-order valence-corrected chi connectivity index (χ3v) is 4.71. The van der Waals surface area contributed by atoms with Gasteiger partial charge in [0, 0.05) is 50.2 Å². The molecule has 7 heteroatoms. The first-order chi connectivity index (χ1) is 14.2. The zero-order valence-electron chi connectivity index (χ0n) is 17.4. The molecular formula is C22H28N4O3. The fraction of sp³-hybridized carbons (Fsp3) is 0.318. The van der Waals surface area contributed by atoms with Gasteiger partial charge < -0.3 is 29.7 Å². The van der Waals surface area contributed by atoms with Gasteiger partial charge in [-0.3, -0.25) is 4.99 Å². The van der Waals surface area contributed by atoms with Crippen molar-refractivity contribution in [2.75, 3.05) is 51.7 Å². The molecular weight excluding hydrogens is 368 g/mol. The Kier molecular flexibility index (Phi) is 6.84. The molecule has 0 saturated heterocycles. The zero-order valence-corrected chi connectivity index (χ0v) is 17.4. The lowest BCUT2D eigenvalue weighted by Crippen LogP contribution is -2.30. The summed E-state index contributed by atoms with van der Waals surface area (Å²) in [6.45, 7) is 2.57. The first-order valence-electron chi connectivity index (χ1n) is 9.45. The minimum Gasteiger partial charge on any atom is -0.493 e. The van der Waals surface area contributed by atoms with Crippen molar-refractivity contribution < 1.29 is 14.2 Å². The van der Waals surface area contributed by atoms with Crippen molar-refractivity contribution in [1.82, 2.24) is 5.32 Å². The molecule has 1 aliphatic heterocycles. The van der Waals surface area contributed by atoms with E-state index in [0.29, 0.717) is 29.8 Å². The number of nitrogens with one attached hydrogen (secondary N) is 2. The number of hydrogen-bond acceptors (Lipinski definition) is 5. The largest absolute Gasteiger partial charge is 0.493 e. The van der Waals surface area contributed by atoms with E-state index in [2.05, 4.69) is 56.9 Å². The monoisotopic (exact) mass is 396 g/mol. The predicted octanol–water partition coefficient (Wildman–Crippen LogP) is 3.28. The summed E-state index contributed by atoms with van der Waals surface area (Å²) >= 11 is 0. The quantitative estimate of drug-likeness (QED) is 0.425. The Morgan fingerprint density at radius 3 is 2.28 bits per heavy atom. The molecule has 0 saturated carbocycles. The number of hydrogen-bond donors (Lipinski definition) is 2. The highest BCUT2D eigenvalue weighted by molar-refractivity contribution is 5.94. The maximum Gasteiger partial charge on any atom is 0.203 e. The SMILES string of the molecule is CN=C(NCc1cccc(N2CC=CC2)c1)Nc1cc(OC)c(OC)c(OC)c1. The summed E-state index contributed by atoms with van der Waals surface area (Å²) < 4.78 is 16.2. The maximum absolute atomic E-state index is 5.41. The summed E-state index contributed by atoms with van der Waals surface area (Å²) in [5.74, 6) is 2.36. The Labute approximate surface area is 172 Å². The van der Waals surface area contributed by atoms with E-state index in [-0.39, 0.29) is 0 Å². The van der Waals surface area contributed by atoms with Crippen molar-refractivity contribution in [3.8, 4) is 17.2 Å². The number of rotatable bonds is 7. The smallest absolute Gasteiger partial charge is 0.203 e. The van der Waals surface area contributed by atoms with Crippen molar-refractivity contribution in [3.05, 3.63) is 54.1 Å². The number of benzene rings is 2. The van der Waals surface area contributed by atoms with Gasteiger partial charge in [0.15, 0.2) is 17.5 Å². The number of guanidine groups is 1. The minimum absolute atomic E-state index is 0.553. The average molecular weight is 396 g/mol. The van der Waals surface area contributed by atoms with Crippen molar-refractivity contribution in [3.63, 3.8) is 0 Å². The third kappa shape index (κ3) is 4.93. The first-order valence-corrected chi connectivity index (χ1v) is 9.45. The number of anilines is 2. The van der Waals surface area contributed by atoms with Crippen molar-refractivity contribution in [1.29, 1.82) is 0 Å². The van der Waals surface area contributed by atoms with Gasteiger partial charge in [-0.05, 0) is 17.7 Å². The molecule has 2 aromatic rings. The molecule has 3 rings (SSSR count). The van der Waals surface area contributed by atoms with Crippen molar-refractivity contribution in [2.24, 2.45) is 4.99 Å². The van der Waals surface area contributed by atoms with Crippen LogP contribution in [0.5, 0.6) is 17.2 Å².